The molecule has 0 aromatic carbocycles. The second-order valence-electron chi connectivity index (χ2n) is 4.93. The van der Waals surface area contributed by atoms with Crippen molar-refractivity contribution in [2.45, 2.75) is 44.1 Å². The average Bonchev–Trinajstić information content (AvgIpc) is 2.33. The number of hydrogen-bond acceptors (Lipinski definition) is 4. The lowest BCUT2D eigenvalue weighted by Gasteiger charge is -2.32. The van der Waals surface area contributed by atoms with Gasteiger partial charge in [-0.2, -0.15) is 0 Å². The van der Waals surface area contributed by atoms with E-state index in [9.17, 15) is 0 Å². The lowest BCUT2D eigenvalue weighted by atomic mass is 9.83. The largest absolute Gasteiger partial charge is 0.385 e. The van der Waals surface area contributed by atoms with Crippen LogP contribution in [0.5, 0.6) is 0 Å². The van der Waals surface area contributed by atoms with Crippen LogP contribution in [0.1, 0.15) is 38.5 Å². The van der Waals surface area contributed by atoms with Crippen LogP contribution in [0.3, 0.4) is 0 Å². The molecular weight excluding hydrogens is 218 g/mol. The third-order valence-electron chi connectivity index (χ3n) is 3.25. The van der Waals surface area contributed by atoms with Crippen LogP contribution in [0.25, 0.3) is 0 Å². The molecule has 0 unspecified atom stereocenters. The van der Waals surface area contributed by atoms with Crippen molar-refractivity contribution >= 4 is 0 Å². The Bertz CT molecular complexity index is 182. The number of nitrogens with two attached hydrogens (primary N) is 1. The maximum absolute atomic E-state index is 6.26. The van der Waals surface area contributed by atoms with E-state index in [1.54, 1.807) is 7.11 Å². The highest BCUT2D eigenvalue weighted by atomic mass is 16.5. The van der Waals surface area contributed by atoms with Crippen LogP contribution in [-0.4, -0.2) is 45.7 Å². The molecule has 0 aromatic heterocycles. The summed E-state index contributed by atoms with van der Waals surface area (Å²) in [5, 5.41) is 0. The molecule has 4 heteroatoms. The first-order chi connectivity index (χ1) is 8.27. The summed E-state index contributed by atoms with van der Waals surface area (Å²) in [6.07, 6.45) is 6.95. The average molecular weight is 245 g/mol. The second-order valence-corrected chi connectivity index (χ2v) is 4.93. The second kappa shape index (κ2) is 8.86. The molecule has 1 aliphatic rings. The van der Waals surface area contributed by atoms with Gasteiger partial charge in [-0.25, -0.2) is 0 Å². The molecule has 0 atom stereocenters. The van der Waals surface area contributed by atoms with Gasteiger partial charge in [0.15, 0.2) is 0 Å². The van der Waals surface area contributed by atoms with E-state index < -0.39 is 0 Å². The quantitative estimate of drug-likeness (QED) is 0.628. The molecule has 0 spiro atoms. The van der Waals surface area contributed by atoms with Gasteiger partial charge in [-0.1, -0.05) is 19.3 Å². The minimum absolute atomic E-state index is 0.0751. The molecule has 1 rings (SSSR count). The van der Waals surface area contributed by atoms with Gasteiger partial charge in [0.1, 0.15) is 0 Å². The zero-order chi connectivity index (χ0) is 12.4. The zero-order valence-electron chi connectivity index (χ0n) is 11.1. The molecule has 0 bridgehead atoms. The van der Waals surface area contributed by atoms with E-state index in [0.29, 0.717) is 19.8 Å². The molecule has 0 saturated heterocycles. The summed E-state index contributed by atoms with van der Waals surface area (Å²) in [4.78, 5) is 0. The molecule has 17 heavy (non-hydrogen) atoms. The normalized spacial score (nSPS) is 19.4. The predicted molar refractivity (Wildman–Crippen MR) is 68.1 cm³/mol. The molecule has 0 aliphatic heterocycles. The minimum Gasteiger partial charge on any atom is -0.385 e. The van der Waals surface area contributed by atoms with E-state index in [1.165, 1.54) is 19.3 Å². The fourth-order valence-corrected chi connectivity index (χ4v) is 2.20. The van der Waals surface area contributed by atoms with Crippen molar-refractivity contribution in [2.75, 3.05) is 40.1 Å². The standard InChI is InChI=1S/C13H27NO3/c1-15-8-5-9-16-10-11-17-12-13(14)6-3-2-4-7-13/h2-12,14H2,1H3. The third-order valence-corrected chi connectivity index (χ3v) is 3.25. The fraction of sp³-hybridized carbons (Fsp3) is 1.00. The highest BCUT2D eigenvalue weighted by Gasteiger charge is 2.27. The number of hydrogen-bond donors (Lipinski definition) is 1. The van der Waals surface area contributed by atoms with Gasteiger partial charge in [0.05, 0.1) is 19.8 Å². The first kappa shape index (κ1) is 14.9. The zero-order valence-corrected chi connectivity index (χ0v) is 11.1. The topological polar surface area (TPSA) is 53.7 Å². The monoisotopic (exact) mass is 245 g/mol. The van der Waals surface area contributed by atoms with Crippen LogP contribution in [0, 0.1) is 0 Å². The first-order valence-electron chi connectivity index (χ1n) is 6.70. The SMILES string of the molecule is COCCCOCCOCC1(N)CCCCC1. The summed E-state index contributed by atoms with van der Waals surface area (Å²) in [6.45, 7) is 3.47. The highest BCUT2D eigenvalue weighted by Crippen LogP contribution is 2.25. The summed E-state index contributed by atoms with van der Waals surface area (Å²) >= 11 is 0. The summed E-state index contributed by atoms with van der Waals surface area (Å²) in [6, 6.07) is 0. The Balaban J connectivity index is 1.89. The molecule has 0 aromatic rings. The van der Waals surface area contributed by atoms with Crippen molar-refractivity contribution in [1.29, 1.82) is 0 Å². The van der Waals surface area contributed by atoms with Gasteiger partial charge in [0.25, 0.3) is 0 Å². The van der Waals surface area contributed by atoms with Gasteiger partial charge < -0.3 is 19.9 Å². The number of ether oxygens (including phenoxy) is 3. The van der Waals surface area contributed by atoms with Crippen LogP contribution in [0.2, 0.25) is 0 Å². The number of rotatable bonds is 9. The van der Waals surface area contributed by atoms with Crippen molar-refractivity contribution in [3.8, 4) is 0 Å². The first-order valence-corrected chi connectivity index (χ1v) is 6.70. The van der Waals surface area contributed by atoms with E-state index in [4.69, 9.17) is 19.9 Å². The van der Waals surface area contributed by atoms with E-state index in [-0.39, 0.29) is 5.54 Å². The summed E-state index contributed by atoms with van der Waals surface area (Å²) in [5.41, 5.74) is 6.18. The van der Waals surface area contributed by atoms with Gasteiger partial charge in [0.2, 0.25) is 0 Å². The maximum atomic E-state index is 6.26. The highest BCUT2D eigenvalue weighted by molar-refractivity contribution is 4.86. The van der Waals surface area contributed by atoms with Gasteiger partial charge in [-0.15, -0.1) is 0 Å². The molecule has 1 fully saturated rings. The molecule has 0 amide bonds. The molecule has 1 saturated carbocycles. The maximum Gasteiger partial charge on any atom is 0.0701 e. The van der Waals surface area contributed by atoms with Crippen molar-refractivity contribution < 1.29 is 14.2 Å². The van der Waals surface area contributed by atoms with Gasteiger partial charge >= 0.3 is 0 Å². The molecule has 1 aliphatic carbocycles. The lowest BCUT2D eigenvalue weighted by Crippen LogP contribution is -2.46. The molecule has 2 N–H and O–H groups in total. The summed E-state index contributed by atoms with van der Waals surface area (Å²) in [7, 11) is 1.70. The number of methoxy groups -OCH3 is 1. The van der Waals surface area contributed by atoms with E-state index >= 15 is 0 Å². The van der Waals surface area contributed by atoms with Crippen LogP contribution in [-0.2, 0) is 14.2 Å². The van der Waals surface area contributed by atoms with Gasteiger partial charge in [0, 0.05) is 25.9 Å². The molecular formula is C13H27NO3. The Labute approximate surface area is 105 Å². The Hall–Kier alpha value is -0.160. The van der Waals surface area contributed by atoms with Crippen molar-refractivity contribution in [2.24, 2.45) is 5.73 Å². The van der Waals surface area contributed by atoms with Crippen molar-refractivity contribution in [3.05, 3.63) is 0 Å². The van der Waals surface area contributed by atoms with Crippen LogP contribution in [0.15, 0.2) is 0 Å². The molecule has 102 valence electrons. The Morgan fingerprint density at radius 2 is 1.65 bits per heavy atom. The lowest BCUT2D eigenvalue weighted by molar-refractivity contribution is 0.0154. The molecule has 0 heterocycles. The van der Waals surface area contributed by atoms with Crippen molar-refractivity contribution in [3.63, 3.8) is 0 Å². The van der Waals surface area contributed by atoms with E-state index in [1.807, 2.05) is 0 Å². The predicted octanol–water partition coefficient (Wildman–Crippen LogP) is 1.72. The Morgan fingerprint density at radius 3 is 2.35 bits per heavy atom. The molecule has 4 nitrogen and oxygen atoms in total. The third kappa shape index (κ3) is 6.99. The smallest absolute Gasteiger partial charge is 0.0701 e. The Kier molecular flexibility index (Phi) is 7.77. The van der Waals surface area contributed by atoms with E-state index in [0.717, 1.165) is 32.5 Å². The van der Waals surface area contributed by atoms with Crippen molar-refractivity contribution in [1.82, 2.24) is 0 Å². The van der Waals surface area contributed by atoms with Crippen LogP contribution < -0.4 is 5.73 Å². The van der Waals surface area contributed by atoms with Crippen LogP contribution >= 0.6 is 0 Å². The summed E-state index contributed by atoms with van der Waals surface area (Å²) in [5.74, 6) is 0. The fourth-order valence-electron chi connectivity index (χ4n) is 2.20. The van der Waals surface area contributed by atoms with Crippen LogP contribution in [0.4, 0.5) is 0 Å². The van der Waals surface area contributed by atoms with Gasteiger partial charge in [-0.3, -0.25) is 0 Å². The Morgan fingerprint density at radius 1 is 0.941 bits per heavy atom. The molecule has 0 radical (unpaired) electrons. The minimum atomic E-state index is -0.0751. The summed E-state index contributed by atoms with van der Waals surface area (Å²) < 4.78 is 15.9. The van der Waals surface area contributed by atoms with Gasteiger partial charge in [-0.05, 0) is 19.3 Å². The van der Waals surface area contributed by atoms with E-state index in [2.05, 4.69) is 0 Å².